The van der Waals surface area contributed by atoms with Gasteiger partial charge in [0, 0.05) is 0 Å². The maximum atomic E-state index is 11.4. The van der Waals surface area contributed by atoms with Crippen molar-refractivity contribution in [2.24, 2.45) is 0 Å². The van der Waals surface area contributed by atoms with Gasteiger partial charge in [-0.2, -0.15) is 23.0 Å². The number of nitrogens with one attached hydrogen (secondary N) is 1. The second kappa shape index (κ2) is 5.38. The first-order chi connectivity index (χ1) is 8.76. The highest BCUT2D eigenvalue weighted by atomic mass is 32.1. The van der Waals surface area contributed by atoms with Gasteiger partial charge in [-0.15, -0.1) is 0 Å². The van der Waals surface area contributed by atoms with Crippen LogP contribution in [0.25, 0.3) is 5.69 Å². The Kier molecular flexibility index (Phi) is 3.65. The monoisotopic (exact) mass is 258 g/mol. The van der Waals surface area contributed by atoms with Gasteiger partial charge in [-0.3, -0.25) is 4.79 Å². The fourth-order valence-electron chi connectivity index (χ4n) is 1.49. The fourth-order valence-corrected chi connectivity index (χ4v) is 1.57. The van der Waals surface area contributed by atoms with E-state index in [1.54, 1.807) is 0 Å². The predicted molar refractivity (Wildman–Crippen MR) is 70.8 cm³/mol. The van der Waals surface area contributed by atoms with Crippen molar-refractivity contribution in [3.63, 3.8) is 0 Å². The molecule has 2 aromatic rings. The van der Waals surface area contributed by atoms with E-state index in [0.717, 1.165) is 5.69 Å². The summed E-state index contributed by atoms with van der Waals surface area (Å²) in [6.07, 6.45) is 1.42. The van der Waals surface area contributed by atoms with E-state index in [1.165, 1.54) is 10.9 Å². The number of amides is 1. The third-order valence-corrected chi connectivity index (χ3v) is 2.58. The number of aromatic nitrogens is 2. The SMILES string of the molecule is N#Cc1cnn(-c2ccccc2)c1NC(=O)CS. The molecule has 0 fully saturated rings. The summed E-state index contributed by atoms with van der Waals surface area (Å²) < 4.78 is 1.51. The van der Waals surface area contributed by atoms with Gasteiger partial charge in [0.15, 0.2) is 5.82 Å². The van der Waals surface area contributed by atoms with Crippen LogP contribution in [-0.4, -0.2) is 21.4 Å². The summed E-state index contributed by atoms with van der Waals surface area (Å²) in [4.78, 5) is 11.4. The molecule has 0 aliphatic rings. The van der Waals surface area contributed by atoms with E-state index >= 15 is 0 Å². The maximum absolute atomic E-state index is 11.4. The highest BCUT2D eigenvalue weighted by molar-refractivity contribution is 7.81. The number of rotatable bonds is 3. The Morgan fingerprint density at radius 1 is 1.44 bits per heavy atom. The summed E-state index contributed by atoms with van der Waals surface area (Å²) >= 11 is 3.89. The lowest BCUT2D eigenvalue weighted by Gasteiger charge is -2.08. The molecule has 0 bridgehead atoms. The normalized spacial score (nSPS) is 9.78. The van der Waals surface area contributed by atoms with Gasteiger partial charge in [-0.05, 0) is 12.1 Å². The highest BCUT2D eigenvalue weighted by Gasteiger charge is 2.13. The van der Waals surface area contributed by atoms with Crippen molar-refractivity contribution in [1.29, 1.82) is 5.26 Å². The fraction of sp³-hybridized carbons (Fsp3) is 0.0833. The van der Waals surface area contributed by atoms with Crippen LogP contribution in [0.2, 0.25) is 0 Å². The molecule has 0 saturated heterocycles. The molecule has 18 heavy (non-hydrogen) atoms. The number of nitrogens with zero attached hydrogens (tertiary/aromatic N) is 3. The number of benzene rings is 1. The van der Waals surface area contributed by atoms with Crippen molar-refractivity contribution >= 4 is 24.4 Å². The minimum atomic E-state index is -0.285. The lowest BCUT2D eigenvalue weighted by molar-refractivity contribution is -0.113. The number of carbonyl (C=O) groups is 1. The molecule has 1 amide bonds. The van der Waals surface area contributed by atoms with E-state index in [2.05, 4.69) is 23.0 Å². The molecule has 5 nitrogen and oxygen atoms in total. The Morgan fingerprint density at radius 3 is 2.78 bits per heavy atom. The molecule has 6 heteroatoms. The second-order valence-corrected chi connectivity index (χ2v) is 3.79. The van der Waals surface area contributed by atoms with Gasteiger partial charge in [0.25, 0.3) is 0 Å². The molecule has 2 rings (SSSR count). The molecular formula is C12H10N4OS. The quantitative estimate of drug-likeness (QED) is 0.822. The minimum absolute atomic E-state index is 0.0465. The molecule has 1 N–H and O–H groups in total. The summed E-state index contributed by atoms with van der Waals surface area (Å²) in [5.74, 6) is 0.125. The number of carbonyl (C=O) groups excluding carboxylic acids is 1. The summed E-state index contributed by atoms with van der Waals surface area (Å²) in [7, 11) is 0. The Labute approximate surface area is 109 Å². The first kappa shape index (κ1) is 12.2. The predicted octanol–water partition coefficient (Wildman–Crippen LogP) is 1.61. The van der Waals surface area contributed by atoms with Gasteiger partial charge in [0.05, 0.1) is 17.6 Å². The molecule has 0 saturated carbocycles. The molecule has 0 atom stereocenters. The van der Waals surface area contributed by atoms with Crippen LogP contribution in [-0.2, 0) is 4.79 Å². The van der Waals surface area contributed by atoms with Crippen LogP contribution in [0.3, 0.4) is 0 Å². The topological polar surface area (TPSA) is 70.7 Å². The van der Waals surface area contributed by atoms with Crippen LogP contribution in [0.1, 0.15) is 5.56 Å². The van der Waals surface area contributed by atoms with E-state index in [4.69, 9.17) is 5.26 Å². The van der Waals surface area contributed by atoms with Crippen molar-refractivity contribution in [2.75, 3.05) is 11.1 Å². The second-order valence-electron chi connectivity index (χ2n) is 3.47. The third-order valence-electron chi connectivity index (χ3n) is 2.29. The summed E-state index contributed by atoms with van der Waals surface area (Å²) in [6.45, 7) is 0. The van der Waals surface area contributed by atoms with Gasteiger partial charge < -0.3 is 5.32 Å². The standard InChI is InChI=1S/C12H10N4OS/c13-6-9-7-14-16(10-4-2-1-3-5-10)12(9)15-11(17)8-18/h1-5,7,18H,8H2,(H,15,17). The first-order valence-electron chi connectivity index (χ1n) is 5.20. The van der Waals surface area contributed by atoms with Crippen LogP contribution in [0.5, 0.6) is 0 Å². The first-order valence-corrected chi connectivity index (χ1v) is 5.83. The summed E-state index contributed by atoms with van der Waals surface area (Å²) in [5, 5.41) is 15.7. The van der Waals surface area contributed by atoms with Gasteiger partial charge in [-0.1, -0.05) is 18.2 Å². The molecule has 1 aromatic carbocycles. The van der Waals surface area contributed by atoms with E-state index in [1.807, 2.05) is 36.4 Å². The van der Waals surface area contributed by atoms with Crippen molar-refractivity contribution in [1.82, 2.24) is 9.78 Å². The molecular weight excluding hydrogens is 248 g/mol. The molecule has 0 aliphatic heterocycles. The van der Waals surface area contributed by atoms with E-state index in [9.17, 15) is 4.79 Å². The van der Waals surface area contributed by atoms with Gasteiger partial charge >= 0.3 is 0 Å². The highest BCUT2D eigenvalue weighted by Crippen LogP contribution is 2.19. The van der Waals surface area contributed by atoms with Gasteiger partial charge in [0.1, 0.15) is 11.6 Å². The lowest BCUT2D eigenvalue weighted by atomic mass is 10.3. The van der Waals surface area contributed by atoms with Crippen molar-refractivity contribution < 1.29 is 4.79 Å². The number of hydrogen-bond acceptors (Lipinski definition) is 4. The van der Waals surface area contributed by atoms with Crippen LogP contribution < -0.4 is 5.32 Å². The van der Waals surface area contributed by atoms with E-state index in [-0.39, 0.29) is 11.7 Å². The summed E-state index contributed by atoms with van der Waals surface area (Å²) in [5.41, 5.74) is 1.09. The Hall–Kier alpha value is -2.26. The van der Waals surface area contributed by atoms with Crippen molar-refractivity contribution in [3.05, 3.63) is 42.1 Å². The molecule has 0 radical (unpaired) electrons. The van der Waals surface area contributed by atoms with Crippen LogP contribution in [0.15, 0.2) is 36.5 Å². The largest absolute Gasteiger partial charge is 0.309 e. The smallest absolute Gasteiger partial charge is 0.235 e. The van der Waals surface area contributed by atoms with Crippen molar-refractivity contribution in [3.8, 4) is 11.8 Å². The van der Waals surface area contributed by atoms with Crippen LogP contribution in [0, 0.1) is 11.3 Å². The number of anilines is 1. The third kappa shape index (κ3) is 2.36. The van der Waals surface area contributed by atoms with Crippen molar-refractivity contribution in [2.45, 2.75) is 0 Å². The number of thiol groups is 1. The molecule has 1 aromatic heterocycles. The lowest BCUT2D eigenvalue weighted by Crippen LogP contribution is -2.16. The number of para-hydroxylation sites is 1. The van der Waals surface area contributed by atoms with E-state index in [0.29, 0.717) is 11.4 Å². The number of nitriles is 1. The Balaban J connectivity index is 2.46. The minimum Gasteiger partial charge on any atom is -0.309 e. The van der Waals surface area contributed by atoms with Gasteiger partial charge in [-0.25, -0.2) is 4.68 Å². The molecule has 0 aliphatic carbocycles. The zero-order valence-corrected chi connectivity index (χ0v) is 10.3. The molecule has 0 spiro atoms. The zero-order chi connectivity index (χ0) is 13.0. The van der Waals surface area contributed by atoms with E-state index < -0.39 is 0 Å². The maximum Gasteiger partial charge on any atom is 0.235 e. The average Bonchev–Trinajstić information content (AvgIpc) is 2.82. The average molecular weight is 258 g/mol. The Bertz CT molecular complexity index is 600. The van der Waals surface area contributed by atoms with Crippen LogP contribution in [0.4, 0.5) is 5.82 Å². The Morgan fingerprint density at radius 2 is 2.17 bits per heavy atom. The molecule has 1 heterocycles. The summed E-state index contributed by atoms with van der Waals surface area (Å²) in [6, 6.07) is 11.3. The molecule has 0 unspecified atom stereocenters. The zero-order valence-electron chi connectivity index (χ0n) is 9.37. The van der Waals surface area contributed by atoms with Gasteiger partial charge in [0.2, 0.25) is 5.91 Å². The van der Waals surface area contributed by atoms with Crippen LogP contribution >= 0.6 is 12.6 Å². The number of hydrogen-bond donors (Lipinski definition) is 2. The molecule has 90 valence electrons.